The zero-order chi connectivity index (χ0) is 6.91. The molecule has 0 amide bonds. The molecule has 0 radical (unpaired) electrons. The van der Waals surface area contributed by atoms with Crippen molar-refractivity contribution in [1.29, 1.82) is 0 Å². The van der Waals surface area contributed by atoms with Crippen LogP contribution in [0.3, 0.4) is 0 Å². The fourth-order valence-corrected chi connectivity index (χ4v) is 0.549. The second kappa shape index (κ2) is 2.27. The van der Waals surface area contributed by atoms with Crippen LogP contribution in [0.5, 0.6) is 0 Å². The molecule has 0 bridgehead atoms. The Balaban J connectivity index is 2.05. The Morgan fingerprint density at radius 3 is 2.56 bits per heavy atom. The maximum absolute atomic E-state index is 5.34. The Labute approximate surface area is 56.2 Å². The molecule has 2 nitrogen and oxygen atoms in total. The smallest absolute Gasteiger partial charge is 0.112 e. The van der Waals surface area contributed by atoms with Crippen molar-refractivity contribution in [2.45, 2.75) is 32.5 Å². The zero-order valence-corrected chi connectivity index (χ0v) is 6.31. The normalized spacial score (nSPS) is 33.3. The van der Waals surface area contributed by atoms with Gasteiger partial charge in [-0.3, -0.25) is 0 Å². The Bertz CT molecular complexity index is 95.1. The van der Waals surface area contributed by atoms with Gasteiger partial charge in [0.15, 0.2) is 0 Å². The summed E-state index contributed by atoms with van der Waals surface area (Å²) in [6, 6.07) is 0. The highest BCUT2D eigenvalue weighted by molar-refractivity contribution is 4.86. The van der Waals surface area contributed by atoms with Gasteiger partial charge in [-0.05, 0) is 20.8 Å². The molecule has 1 heterocycles. The van der Waals surface area contributed by atoms with E-state index in [2.05, 4.69) is 6.92 Å². The molecule has 0 saturated carbocycles. The molecule has 0 spiro atoms. The average molecular weight is 130 g/mol. The molecule has 2 heteroatoms. The summed E-state index contributed by atoms with van der Waals surface area (Å²) < 4.78 is 10.5. The molecule has 1 rings (SSSR count). The van der Waals surface area contributed by atoms with Crippen molar-refractivity contribution in [3.05, 3.63) is 0 Å². The SMILES string of the molecule is CC(C)OCC1(C)CO1. The predicted octanol–water partition coefficient (Wildman–Crippen LogP) is 1.20. The van der Waals surface area contributed by atoms with E-state index in [1.54, 1.807) is 0 Å². The highest BCUT2D eigenvalue weighted by Crippen LogP contribution is 2.25. The van der Waals surface area contributed by atoms with Gasteiger partial charge in [-0.25, -0.2) is 0 Å². The summed E-state index contributed by atoms with van der Waals surface area (Å²) in [4.78, 5) is 0. The zero-order valence-electron chi connectivity index (χ0n) is 6.31. The quantitative estimate of drug-likeness (QED) is 0.535. The topological polar surface area (TPSA) is 21.8 Å². The first kappa shape index (κ1) is 7.03. The number of rotatable bonds is 3. The second-order valence-electron chi connectivity index (χ2n) is 3.10. The predicted molar refractivity (Wildman–Crippen MR) is 35.4 cm³/mol. The van der Waals surface area contributed by atoms with E-state index >= 15 is 0 Å². The van der Waals surface area contributed by atoms with Crippen molar-refractivity contribution in [3.63, 3.8) is 0 Å². The number of hydrogen-bond donors (Lipinski definition) is 0. The third-order valence-corrected chi connectivity index (χ3v) is 1.36. The summed E-state index contributed by atoms with van der Waals surface area (Å²) >= 11 is 0. The molecule has 54 valence electrons. The Morgan fingerprint density at radius 1 is 1.67 bits per heavy atom. The van der Waals surface area contributed by atoms with Crippen LogP contribution in [-0.4, -0.2) is 24.9 Å². The van der Waals surface area contributed by atoms with Gasteiger partial charge in [0.2, 0.25) is 0 Å². The molecule has 1 aliphatic rings. The van der Waals surface area contributed by atoms with Crippen LogP contribution >= 0.6 is 0 Å². The van der Waals surface area contributed by atoms with E-state index in [0.717, 1.165) is 13.2 Å². The molecule has 0 N–H and O–H groups in total. The van der Waals surface area contributed by atoms with Crippen molar-refractivity contribution in [2.24, 2.45) is 0 Å². The second-order valence-corrected chi connectivity index (χ2v) is 3.10. The minimum atomic E-state index is 0.0598. The molecule has 0 aromatic rings. The van der Waals surface area contributed by atoms with Gasteiger partial charge in [0.05, 0.1) is 19.3 Å². The van der Waals surface area contributed by atoms with Crippen LogP contribution in [0.25, 0.3) is 0 Å². The van der Waals surface area contributed by atoms with E-state index in [1.807, 2.05) is 13.8 Å². The first-order valence-electron chi connectivity index (χ1n) is 3.38. The van der Waals surface area contributed by atoms with Crippen molar-refractivity contribution in [3.8, 4) is 0 Å². The minimum Gasteiger partial charge on any atom is -0.376 e. The Hall–Kier alpha value is -0.0800. The van der Waals surface area contributed by atoms with Gasteiger partial charge >= 0.3 is 0 Å². The van der Waals surface area contributed by atoms with Gasteiger partial charge in [-0.15, -0.1) is 0 Å². The molecular weight excluding hydrogens is 116 g/mol. The molecule has 0 aliphatic carbocycles. The highest BCUT2D eigenvalue weighted by Gasteiger charge is 2.39. The van der Waals surface area contributed by atoms with Crippen LogP contribution in [0, 0.1) is 0 Å². The lowest BCUT2D eigenvalue weighted by Gasteiger charge is -2.08. The van der Waals surface area contributed by atoms with Crippen molar-refractivity contribution >= 4 is 0 Å². The summed E-state index contributed by atoms with van der Waals surface area (Å²) in [5, 5.41) is 0. The number of epoxide rings is 1. The maximum Gasteiger partial charge on any atom is 0.112 e. The van der Waals surface area contributed by atoms with Crippen LogP contribution < -0.4 is 0 Å². The van der Waals surface area contributed by atoms with Gasteiger partial charge in [0, 0.05) is 0 Å². The molecule has 1 fully saturated rings. The molecular formula is C7H14O2. The van der Waals surface area contributed by atoms with Crippen LogP contribution in [-0.2, 0) is 9.47 Å². The fourth-order valence-electron chi connectivity index (χ4n) is 0.549. The van der Waals surface area contributed by atoms with Gasteiger partial charge in [0.25, 0.3) is 0 Å². The lowest BCUT2D eigenvalue weighted by molar-refractivity contribution is 0.0420. The van der Waals surface area contributed by atoms with E-state index in [1.165, 1.54) is 0 Å². The lowest BCUT2D eigenvalue weighted by Crippen LogP contribution is -2.17. The molecule has 0 aromatic carbocycles. The van der Waals surface area contributed by atoms with E-state index in [0.29, 0.717) is 6.10 Å². The third kappa shape index (κ3) is 2.33. The monoisotopic (exact) mass is 130 g/mol. The van der Waals surface area contributed by atoms with Gasteiger partial charge < -0.3 is 9.47 Å². The molecule has 1 unspecified atom stereocenters. The average Bonchev–Trinajstić information content (AvgIpc) is 2.45. The summed E-state index contributed by atoms with van der Waals surface area (Å²) in [5.41, 5.74) is 0.0598. The Kier molecular flexibility index (Phi) is 1.78. The van der Waals surface area contributed by atoms with E-state index < -0.39 is 0 Å². The van der Waals surface area contributed by atoms with Crippen LogP contribution in [0.4, 0.5) is 0 Å². The van der Waals surface area contributed by atoms with Crippen LogP contribution in [0.1, 0.15) is 20.8 Å². The van der Waals surface area contributed by atoms with E-state index in [9.17, 15) is 0 Å². The molecule has 0 aromatic heterocycles. The van der Waals surface area contributed by atoms with E-state index in [4.69, 9.17) is 9.47 Å². The summed E-state index contributed by atoms with van der Waals surface area (Å²) in [6.45, 7) is 7.73. The largest absolute Gasteiger partial charge is 0.376 e. The lowest BCUT2D eigenvalue weighted by atomic mass is 10.2. The van der Waals surface area contributed by atoms with Crippen molar-refractivity contribution < 1.29 is 9.47 Å². The van der Waals surface area contributed by atoms with Crippen molar-refractivity contribution in [1.82, 2.24) is 0 Å². The standard InChI is InChI=1S/C7H14O2/c1-6(2)8-4-7(3)5-9-7/h6H,4-5H2,1-3H3. The number of ether oxygens (including phenoxy) is 2. The van der Waals surface area contributed by atoms with Gasteiger partial charge in [-0.1, -0.05) is 0 Å². The highest BCUT2D eigenvalue weighted by atomic mass is 16.6. The van der Waals surface area contributed by atoms with Gasteiger partial charge in [-0.2, -0.15) is 0 Å². The molecule has 1 aliphatic heterocycles. The van der Waals surface area contributed by atoms with Crippen LogP contribution in [0.15, 0.2) is 0 Å². The first-order valence-corrected chi connectivity index (χ1v) is 3.38. The molecule has 1 atom stereocenters. The van der Waals surface area contributed by atoms with Crippen LogP contribution in [0.2, 0.25) is 0 Å². The summed E-state index contributed by atoms with van der Waals surface area (Å²) in [5.74, 6) is 0. The maximum atomic E-state index is 5.34. The van der Waals surface area contributed by atoms with E-state index in [-0.39, 0.29) is 5.60 Å². The third-order valence-electron chi connectivity index (χ3n) is 1.36. The van der Waals surface area contributed by atoms with Gasteiger partial charge in [0.1, 0.15) is 5.60 Å². The minimum absolute atomic E-state index is 0.0598. The fraction of sp³-hybridized carbons (Fsp3) is 1.00. The summed E-state index contributed by atoms with van der Waals surface area (Å²) in [6.07, 6.45) is 0.325. The molecule has 1 saturated heterocycles. The summed E-state index contributed by atoms with van der Waals surface area (Å²) in [7, 11) is 0. The number of hydrogen-bond acceptors (Lipinski definition) is 2. The Morgan fingerprint density at radius 2 is 2.22 bits per heavy atom. The first-order chi connectivity index (χ1) is 4.12. The van der Waals surface area contributed by atoms with Crippen molar-refractivity contribution in [2.75, 3.05) is 13.2 Å². The molecule has 9 heavy (non-hydrogen) atoms.